The van der Waals surface area contributed by atoms with E-state index >= 15 is 0 Å². The van der Waals surface area contributed by atoms with Crippen LogP contribution in [-0.4, -0.2) is 21.2 Å². The van der Waals surface area contributed by atoms with Gasteiger partial charge in [-0.15, -0.1) is 11.8 Å². The van der Waals surface area contributed by atoms with Crippen LogP contribution in [0.3, 0.4) is 0 Å². The van der Waals surface area contributed by atoms with Gasteiger partial charge in [0.25, 0.3) is 0 Å². The molecule has 1 N–H and O–H groups in total. The highest BCUT2D eigenvalue weighted by atomic mass is 32.2. The van der Waals surface area contributed by atoms with Crippen LogP contribution in [0.1, 0.15) is 44.9 Å². The van der Waals surface area contributed by atoms with Crippen LogP contribution < -0.4 is 4.72 Å². The number of sulfonamides is 1. The molecule has 2 rings (SSSR count). The van der Waals surface area contributed by atoms with E-state index in [9.17, 15) is 8.42 Å². The second-order valence-corrected chi connectivity index (χ2v) is 8.37. The van der Waals surface area contributed by atoms with Crippen LogP contribution in [0.15, 0.2) is 34.1 Å². The fraction of sp³-hybridized carbons (Fsp3) is 0.625. The number of benzene rings is 1. The van der Waals surface area contributed by atoms with E-state index in [0.717, 1.165) is 11.3 Å². The summed E-state index contributed by atoms with van der Waals surface area (Å²) < 4.78 is 27.2. The van der Waals surface area contributed by atoms with Gasteiger partial charge in [0.1, 0.15) is 0 Å². The normalized spacial score (nSPS) is 17.6. The number of rotatable bonds is 6. The van der Waals surface area contributed by atoms with Gasteiger partial charge in [-0.25, -0.2) is 13.1 Å². The van der Waals surface area contributed by atoms with Crippen molar-refractivity contribution in [3.05, 3.63) is 24.3 Å². The molecule has 3 nitrogen and oxygen atoms in total. The molecule has 21 heavy (non-hydrogen) atoms. The van der Waals surface area contributed by atoms with Gasteiger partial charge in [0.2, 0.25) is 10.0 Å². The Morgan fingerprint density at radius 2 is 1.71 bits per heavy atom. The molecule has 0 saturated heterocycles. The van der Waals surface area contributed by atoms with Crippen LogP contribution in [0.25, 0.3) is 0 Å². The molecular formula is C16H25NO2S2. The Kier molecular flexibility index (Phi) is 6.58. The molecule has 1 aliphatic rings. The molecule has 0 spiro atoms. The van der Waals surface area contributed by atoms with Crippen molar-refractivity contribution < 1.29 is 8.42 Å². The molecule has 0 unspecified atom stereocenters. The van der Waals surface area contributed by atoms with Gasteiger partial charge in [0, 0.05) is 11.4 Å². The first-order valence-corrected chi connectivity index (χ1v) is 10.5. The van der Waals surface area contributed by atoms with Crippen LogP contribution in [0.2, 0.25) is 0 Å². The van der Waals surface area contributed by atoms with E-state index in [1.807, 2.05) is 18.4 Å². The minimum Gasteiger partial charge on any atom is -0.211 e. The molecule has 0 aliphatic heterocycles. The lowest BCUT2D eigenvalue weighted by atomic mass is 9.97. The molecule has 5 heteroatoms. The van der Waals surface area contributed by atoms with Crippen molar-refractivity contribution in [2.75, 3.05) is 12.8 Å². The van der Waals surface area contributed by atoms with E-state index < -0.39 is 10.0 Å². The Morgan fingerprint density at radius 3 is 2.29 bits per heavy atom. The van der Waals surface area contributed by atoms with E-state index in [2.05, 4.69) is 4.72 Å². The SMILES string of the molecule is CSc1ccc(S(=O)(=O)NCCC2CCCCCC2)cc1. The summed E-state index contributed by atoms with van der Waals surface area (Å²) in [6.07, 6.45) is 10.7. The molecule has 1 aliphatic carbocycles. The van der Waals surface area contributed by atoms with Crippen LogP contribution >= 0.6 is 11.8 Å². The summed E-state index contributed by atoms with van der Waals surface area (Å²) >= 11 is 1.61. The minimum absolute atomic E-state index is 0.362. The minimum atomic E-state index is -3.35. The third-order valence-corrected chi connectivity index (χ3v) is 6.41. The van der Waals surface area contributed by atoms with Crippen molar-refractivity contribution in [3.8, 4) is 0 Å². The Balaban J connectivity index is 1.85. The molecule has 1 aromatic carbocycles. The summed E-state index contributed by atoms with van der Waals surface area (Å²) in [5, 5.41) is 0. The van der Waals surface area contributed by atoms with Crippen LogP contribution in [0.4, 0.5) is 0 Å². The molecule has 0 radical (unpaired) electrons. The summed E-state index contributed by atoms with van der Waals surface area (Å²) in [6, 6.07) is 7.06. The summed E-state index contributed by atoms with van der Waals surface area (Å²) in [7, 11) is -3.35. The molecule has 118 valence electrons. The van der Waals surface area contributed by atoms with Gasteiger partial charge < -0.3 is 0 Å². The Bertz CT molecular complexity index is 518. The predicted molar refractivity (Wildman–Crippen MR) is 89.2 cm³/mol. The topological polar surface area (TPSA) is 46.2 Å². The molecule has 0 atom stereocenters. The molecule has 0 heterocycles. The number of hydrogen-bond donors (Lipinski definition) is 1. The zero-order valence-electron chi connectivity index (χ0n) is 12.7. The summed E-state index contributed by atoms with van der Waals surface area (Å²) in [4.78, 5) is 1.44. The summed E-state index contributed by atoms with van der Waals surface area (Å²) in [6.45, 7) is 0.553. The average molecular weight is 328 g/mol. The fourth-order valence-electron chi connectivity index (χ4n) is 2.89. The molecule has 0 bridgehead atoms. The van der Waals surface area contributed by atoms with Crippen LogP contribution in [-0.2, 0) is 10.0 Å². The van der Waals surface area contributed by atoms with E-state index in [4.69, 9.17) is 0 Å². The van der Waals surface area contributed by atoms with E-state index in [1.54, 1.807) is 23.9 Å². The van der Waals surface area contributed by atoms with Gasteiger partial charge >= 0.3 is 0 Å². The maximum absolute atomic E-state index is 12.2. The smallest absolute Gasteiger partial charge is 0.211 e. The lowest BCUT2D eigenvalue weighted by Gasteiger charge is -2.14. The van der Waals surface area contributed by atoms with Crippen molar-refractivity contribution in [2.45, 2.75) is 54.7 Å². The van der Waals surface area contributed by atoms with Crippen LogP contribution in [0, 0.1) is 5.92 Å². The second-order valence-electron chi connectivity index (χ2n) is 5.72. The monoisotopic (exact) mass is 327 g/mol. The van der Waals surface area contributed by atoms with E-state index in [-0.39, 0.29) is 0 Å². The first-order chi connectivity index (χ1) is 10.1. The Labute approximate surface area is 133 Å². The highest BCUT2D eigenvalue weighted by Crippen LogP contribution is 2.25. The molecule has 0 aromatic heterocycles. The van der Waals surface area contributed by atoms with Crippen molar-refractivity contribution in [1.82, 2.24) is 4.72 Å². The van der Waals surface area contributed by atoms with Crippen molar-refractivity contribution >= 4 is 21.8 Å². The number of hydrogen-bond acceptors (Lipinski definition) is 3. The van der Waals surface area contributed by atoms with E-state index in [0.29, 0.717) is 17.4 Å². The third-order valence-electron chi connectivity index (χ3n) is 4.19. The standard InChI is InChI=1S/C16H25NO2S2/c1-20-15-8-10-16(11-9-15)21(18,19)17-13-12-14-6-4-2-3-5-7-14/h8-11,14,17H,2-7,12-13H2,1H3. The first kappa shape index (κ1) is 16.8. The lowest BCUT2D eigenvalue weighted by molar-refractivity contribution is 0.427. The fourth-order valence-corrected chi connectivity index (χ4v) is 4.34. The Morgan fingerprint density at radius 1 is 1.10 bits per heavy atom. The molecule has 0 amide bonds. The molecule has 1 aromatic rings. The average Bonchev–Trinajstić information content (AvgIpc) is 2.76. The van der Waals surface area contributed by atoms with Crippen molar-refractivity contribution in [3.63, 3.8) is 0 Å². The van der Waals surface area contributed by atoms with Crippen molar-refractivity contribution in [2.24, 2.45) is 5.92 Å². The largest absolute Gasteiger partial charge is 0.240 e. The maximum Gasteiger partial charge on any atom is 0.240 e. The third kappa shape index (κ3) is 5.31. The summed E-state index contributed by atoms with van der Waals surface area (Å²) in [5.41, 5.74) is 0. The van der Waals surface area contributed by atoms with E-state index in [1.165, 1.54) is 38.5 Å². The first-order valence-electron chi connectivity index (χ1n) is 7.75. The van der Waals surface area contributed by atoms with Gasteiger partial charge in [0.05, 0.1) is 4.90 Å². The quantitative estimate of drug-likeness (QED) is 0.633. The van der Waals surface area contributed by atoms with Crippen LogP contribution in [0.5, 0.6) is 0 Å². The zero-order chi connectivity index (χ0) is 15.1. The second kappa shape index (κ2) is 8.20. The number of thioether (sulfide) groups is 1. The predicted octanol–water partition coefficient (Wildman–Crippen LogP) is 4.05. The number of nitrogens with one attached hydrogen (secondary N) is 1. The highest BCUT2D eigenvalue weighted by molar-refractivity contribution is 7.98. The van der Waals surface area contributed by atoms with Gasteiger partial charge in [-0.3, -0.25) is 0 Å². The van der Waals surface area contributed by atoms with Gasteiger partial charge in [-0.2, -0.15) is 0 Å². The Hall–Kier alpha value is -0.520. The maximum atomic E-state index is 12.2. The zero-order valence-corrected chi connectivity index (χ0v) is 14.3. The van der Waals surface area contributed by atoms with Crippen molar-refractivity contribution in [1.29, 1.82) is 0 Å². The van der Waals surface area contributed by atoms with Gasteiger partial charge in [0.15, 0.2) is 0 Å². The molecule has 1 fully saturated rings. The lowest BCUT2D eigenvalue weighted by Crippen LogP contribution is -2.26. The highest BCUT2D eigenvalue weighted by Gasteiger charge is 2.16. The van der Waals surface area contributed by atoms with Gasteiger partial charge in [-0.1, -0.05) is 38.5 Å². The molecular weight excluding hydrogens is 302 g/mol. The summed E-state index contributed by atoms with van der Waals surface area (Å²) in [5.74, 6) is 0.689. The molecule has 1 saturated carbocycles. The van der Waals surface area contributed by atoms with Gasteiger partial charge in [-0.05, 0) is 42.9 Å².